The van der Waals surface area contributed by atoms with E-state index in [1.54, 1.807) is 24.3 Å². The third-order valence-electron chi connectivity index (χ3n) is 4.35. The van der Waals surface area contributed by atoms with Crippen molar-refractivity contribution in [3.8, 4) is 5.75 Å². The predicted octanol–water partition coefficient (Wildman–Crippen LogP) is 3.51. The third kappa shape index (κ3) is 4.50. The molecule has 1 amide bonds. The maximum atomic E-state index is 12.6. The zero-order valence-corrected chi connectivity index (χ0v) is 14.8. The summed E-state index contributed by atoms with van der Waals surface area (Å²) in [6, 6.07) is 9.27. The van der Waals surface area contributed by atoms with Gasteiger partial charge in [0.15, 0.2) is 0 Å². The molecule has 144 valence electrons. The molecule has 1 aliphatic rings. The van der Waals surface area contributed by atoms with E-state index < -0.39 is 11.7 Å². The first kappa shape index (κ1) is 19.0. The summed E-state index contributed by atoms with van der Waals surface area (Å²) in [6.07, 6.45) is -2.88. The first-order valence-electron chi connectivity index (χ1n) is 8.69. The van der Waals surface area contributed by atoms with Gasteiger partial charge in [-0.05, 0) is 37.6 Å². The first-order valence-corrected chi connectivity index (χ1v) is 8.69. The lowest BCUT2D eigenvalue weighted by molar-refractivity contribution is -0.137. The average Bonchev–Trinajstić information content (AvgIpc) is 3.10. The normalized spacial score (nSPS) is 17.0. The van der Waals surface area contributed by atoms with Crippen LogP contribution < -0.4 is 15.0 Å². The van der Waals surface area contributed by atoms with Crippen molar-refractivity contribution in [2.75, 3.05) is 24.6 Å². The van der Waals surface area contributed by atoms with E-state index in [1.807, 2.05) is 11.8 Å². The molecule has 0 saturated carbocycles. The Labute approximate surface area is 155 Å². The Balaban J connectivity index is 1.62. The van der Waals surface area contributed by atoms with Gasteiger partial charge >= 0.3 is 6.18 Å². The van der Waals surface area contributed by atoms with Crippen molar-refractivity contribution in [3.63, 3.8) is 0 Å². The maximum absolute atomic E-state index is 12.6. The van der Waals surface area contributed by atoms with Crippen LogP contribution in [0.2, 0.25) is 0 Å². The van der Waals surface area contributed by atoms with Crippen LogP contribution in [0.15, 0.2) is 42.6 Å². The van der Waals surface area contributed by atoms with Crippen LogP contribution in [0.1, 0.15) is 29.3 Å². The standard InChI is InChI=1S/C19H20F3N3O2/c1-2-27-16-6-4-3-5-15(16)18(26)24-14-9-10-25(12-14)17-8-7-13(11-23-17)19(20,21)22/h3-8,11,14H,2,9-10,12H2,1H3,(H,24,26). The van der Waals surface area contributed by atoms with Crippen molar-refractivity contribution in [1.82, 2.24) is 10.3 Å². The molecule has 1 aromatic carbocycles. The molecule has 0 spiro atoms. The van der Waals surface area contributed by atoms with E-state index in [1.165, 1.54) is 6.07 Å². The number of anilines is 1. The number of para-hydroxylation sites is 1. The number of amides is 1. The van der Waals surface area contributed by atoms with Gasteiger partial charge in [0.1, 0.15) is 11.6 Å². The molecule has 1 fully saturated rings. The van der Waals surface area contributed by atoms with Gasteiger partial charge in [-0.15, -0.1) is 0 Å². The van der Waals surface area contributed by atoms with E-state index in [0.29, 0.717) is 43.2 Å². The number of halogens is 3. The molecular formula is C19H20F3N3O2. The summed E-state index contributed by atoms with van der Waals surface area (Å²) in [7, 11) is 0. The van der Waals surface area contributed by atoms with Gasteiger partial charge in [0.25, 0.3) is 5.91 Å². The van der Waals surface area contributed by atoms with Crippen molar-refractivity contribution in [3.05, 3.63) is 53.7 Å². The number of rotatable bonds is 5. The van der Waals surface area contributed by atoms with Gasteiger partial charge < -0.3 is 15.0 Å². The minimum Gasteiger partial charge on any atom is -0.493 e. The number of pyridine rings is 1. The van der Waals surface area contributed by atoms with Crippen molar-refractivity contribution < 1.29 is 22.7 Å². The molecule has 1 unspecified atom stereocenters. The third-order valence-corrected chi connectivity index (χ3v) is 4.35. The quantitative estimate of drug-likeness (QED) is 0.864. The second kappa shape index (κ2) is 7.85. The van der Waals surface area contributed by atoms with E-state index in [2.05, 4.69) is 10.3 Å². The van der Waals surface area contributed by atoms with Gasteiger partial charge in [-0.25, -0.2) is 4.98 Å². The Morgan fingerprint density at radius 2 is 2.07 bits per heavy atom. The average molecular weight is 379 g/mol. The number of alkyl halides is 3. The lowest BCUT2D eigenvalue weighted by atomic mass is 10.1. The molecule has 1 atom stereocenters. The van der Waals surface area contributed by atoms with E-state index >= 15 is 0 Å². The molecule has 2 heterocycles. The second-order valence-electron chi connectivity index (χ2n) is 6.24. The molecule has 0 radical (unpaired) electrons. The molecular weight excluding hydrogens is 359 g/mol. The number of benzene rings is 1. The van der Waals surface area contributed by atoms with Gasteiger partial charge in [0.05, 0.1) is 17.7 Å². The fourth-order valence-electron chi connectivity index (χ4n) is 3.03. The van der Waals surface area contributed by atoms with Crippen LogP contribution in [0.25, 0.3) is 0 Å². The van der Waals surface area contributed by atoms with Gasteiger partial charge in [0, 0.05) is 25.3 Å². The fraction of sp³-hybridized carbons (Fsp3) is 0.368. The highest BCUT2D eigenvalue weighted by Gasteiger charge is 2.31. The Morgan fingerprint density at radius 3 is 2.74 bits per heavy atom. The summed E-state index contributed by atoms with van der Waals surface area (Å²) in [5.74, 6) is 0.762. The fourth-order valence-corrected chi connectivity index (χ4v) is 3.03. The van der Waals surface area contributed by atoms with Crippen LogP contribution in [-0.2, 0) is 6.18 Å². The molecule has 0 bridgehead atoms. The largest absolute Gasteiger partial charge is 0.493 e. The van der Waals surface area contributed by atoms with Crippen LogP contribution in [-0.4, -0.2) is 36.6 Å². The van der Waals surface area contributed by atoms with Crippen molar-refractivity contribution >= 4 is 11.7 Å². The molecule has 0 aliphatic carbocycles. The monoisotopic (exact) mass is 379 g/mol. The highest BCUT2D eigenvalue weighted by Crippen LogP contribution is 2.30. The number of carbonyl (C=O) groups is 1. The molecule has 5 nitrogen and oxygen atoms in total. The zero-order valence-electron chi connectivity index (χ0n) is 14.8. The summed E-state index contributed by atoms with van der Waals surface area (Å²) in [5, 5.41) is 2.96. The first-order chi connectivity index (χ1) is 12.9. The molecule has 2 aromatic rings. The van der Waals surface area contributed by atoms with Crippen molar-refractivity contribution in [1.29, 1.82) is 0 Å². The summed E-state index contributed by atoms with van der Waals surface area (Å²) >= 11 is 0. The molecule has 1 aliphatic heterocycles. The van der Waals surface area contributed by atoms with Gasteiger partial charge in [-0.1, -0.05) is 12.1 Å². The number of hydrogen-bond acceptors (Lipinski definition) is 4. The Hall–Kier alpha value is -2.77. The summed E-state index contributed by atoms with van der Waals surface area (Å²) in [4.78, 5) is 18.3. The van der Waals surface area contributed by atoms with E-state index in [-0.39, 0.29) is 11.9 Å². The number of nitrogens with one attached hydrogen (secondary N) is 1. The van der Waals surface area contributed by atoms with Crippen LogP contribution in [0.5, 0.6) is 5.75 Å². The molecule has 8 heteroatoms. The maximum Gasteiger partial charge on any atom is 0.417 e. The van der Waals surface area contributed by atoms with Crippen LogP contribution in [0.4, 0.5) is 19.0 Å². The Morgan fingerprint density at radius 1 is 1.30 bits per heavy atom. The highest BCUT2D eigenvalue weighted by molar-refractivity contribution is 5.97. The van der Waals surface area contributed by atoms with Gasteiger partial charge in [0.2, 0.25) is 0 Å². The summed E-state index contributed by atoms with van der Waals surface area (Å²) in [5.41, 5.74) is -0.312. The van der Waals surface area contributed by atoms with Gasteiger partial charge in [-0.2, -0.15) is 13.2 Å². The van der Waals surface area contributed by atoms with Crippen LogP contribution in [0, 0.1) is 0 Å². The number of ether oxygens (including phenoxy) is 1. The molecule has 1 aromatic heterocycles. The Bertz CT molecular complexity index is 794. The van der Waals surface area contributed by atoms with Gasteiger partial charge in [-0.3, -0.25) is 4.79 Å². The van der Waals surface area contributed by atoms with Crippen molar-refractivity contribution in [2.24, 2.45) is 0 Å². The SMILES string of the molecule is CCOc1ccccc1C(=O)NC1CCN(c2ccc(C(F)(F)F)cn2)C1. The Kier molecular flexibility index (Phi) is 5.53. The predicted molar refractivity (Wildman–Crippen MR) is 94.9 cm³/mol. The lowest BCUT2D eigenvalue weighted by Crippen LogP contribution is -2.37. The molecule has 1 saturated heterocycles. The van der Waals surface area contributed by atoms with E-state index in [0.717, 1.165) is 12.3 Å². The second-order valence-corrected chi connectivity index (χ2v) is 6.24. The number of hydrogen-bond donors (Lipinski definition) is 1. The summed E-state index contributed by atoms with van der Waals surface area (Å²) in [6.45, 7) is 3.40. The van der Waals surface area contributed by atoms with E-state index in [9.17, 15) is 18.0 Å². The smallest absolute Gasteiger partial charge is 0.417 e. The minimum atomic E-state index is -4.40. The molecule has 3 rings (SSSR count). The van der Waals surface area contributed by atoms with E-state index in [4.69, 9.17) is 4.74 Å². The topological polar surface area (TPSA) is 54.5 Å². The number of aromatic nitrogens is 1. The molecule has 1 N–H and O–H groups in total. The number of nitrogens with zero attached hydrogens (tertiary/aromatic N) is 2. The van der Waals surface area contributed by atoms with Crippen LogP contribution in [0.3, 0.4) is 0 Å². The zero-order chi connectivity index (χ0) is 19.4. The minimum absolute atomic E-state index is 0.115. The molecule has 27 heavy (non-hydrogen) atoms. The van der Waals surface area contributed by atoms with Crippen LogP contribution >= 0.6 is 0 Å². The lowest BCUT2D eigenvalue weighted by Gasteiger charge is -2.19. The summed E-state index contributed by atoms with van der Waals surface area (Å²) < 4.78 is 43.4. The number of carbonyl (C=O) groups excluding carboxylic acids is 1. The highest BCUT2D eigenvalue weighted by atomic mass is 19.4. The van der Waals surface area contributed by atoms with Crippen molar-refractivity contribution in [2.45, 2.75) is 25.6 Å².